The molecule has 2 aromatic heterocycles. The summed E-state index contributed by atoms with van der Waals surface area (Å²) in [5.41, 5.74) is 3.15. The maximum absolute atomic E-state index is 13.8. The van der Waals surface area contributed by atoms with Crippen LogP contribution >= 0.6 is 0 Å². The van der Waals surface area contributed by atoms with E-state index in [0.29, 0.717) is 23.8 Å². The van der Waals surface area contributed by atoms with Gasteiger partial charge in [0.05, 0.1) is 17.1 Å². The van der Waals surface area contributed by atoms with Gasteiger partial charge in [-0.25, -0.2) is 4.68 Å². The third-order valence-corrected chi connectivity index (χ3v) is 3.17. The molecular formula is C13H20FN5. The van der Waals surface area contributed by atoms with Crippen molar-refractivity contribution in [3.05, 3.63) is 29.1 Å². The molecule has 2 rings (SSSR count). The number of rotatable bonds is 4. The predicted molar refractivity (Wildman–Crippen MR) is 72.6 cm³/mol. The Bertz CT molecular complexity index is 582. The van der Waals surface area contributed by atoms with Crippen molar-refractivity contribution < 1.29 is 4.39 Å². The Hall–Kier alpha value is -1.85. The second kappa shape index (κ2) is 5.03. The fourth-order valence-corrected chi connectivity index (χ4v) is 1.98. The van der Waals surface area contributed by atoms with E-state index in [9.17, 15) is 4.39 Å². The van der Waals surface area contributed by atoms with Crippen molar-refractivity contribution in [1.29, 1.82) is 0 Å². The molecule has 2 aromatic rings. The Balaban J connectivity index is 2.14. The van der Waals surface area contributed by atoms with Crippen LogP contribution < -0.4 is 5.32 Å². The van der Waals surface area contributed by atoms with E-state index in [1.807, 2.05) is 24.7 Å². The molecule has 0 fully saturated rings. The zero-order valence-corrected chi connectivity index (χ0v) is 12.0. The van der Waals surface area contributed by atoms with Crippen molar-refractivity contribution in [3.63, 3.8) is 0 Å². The first-order chi connectivity index (χ1) is 8.90. The lowest BCUT2D eigenvalue weighted by atomic mass is 10.2. The van der Waals surface area contributed by atoms with Gasteiger partial charge in [-0.05, 0) is 27.7 Å². The maximum Gasteiger partial charge on any atom is 0.216 e. The summed E-state index contributed by atoms with van der Waals surface area (Å²) in [5, 5.41) is 11.7. The van der Waals surface area contributed by atoms with E-state index >= 15 is 0 Å². The van der Waals surface area contributed by atoms with Crippen LogP contribution in [0, 0.1) is 19.8 Å². The Kier molecular flexibility index (Phi) is 3.59. The first-order valence-corrected chi connectivity index (χ1v) is 6.37. The molecule has 19 heavy (non-hydrogen) atoms. The van der Waals surface area contributed by atoms with Crippen molar-refractivity contribution >= 4 is 5.69 Å². The van der Waals surface area contributed by atoms with Crippen LogP contribution in [0.15, 0.2) is 6.20 Å². The van der Waals surface area contributed by atoms with E-state index in [0.717, 1.165) is 11.4 Å². The lowest BCUT2D eigenvalue weighted by Gasteiger charge is -2.04. The smallest absolute Gasteiger partial charge is 0.216 e. The van der Waals surface area contributed by atoms with E-state index in [-0.39, 0.29) is 5.95 Å². The number of aryl methyl sites for hydroxylation is 3. The Labute approximate surface area is 112 Å². The molecule has 0 unspecified atom stereocenters. The molecule has 6 heteroatoms. The van der Waals surface area contributed by atoms with Gasteiger partial charge in [0.1, 0.15) is 0 Å². The van der Waals surface area contributed by atoms with E-state index in [2.05, 4.69) is 29.4 Å². The van der Waals surface area contributed by atoms with E-state index < -0.39 is 0 Å². The van der Waals surface area contributed by atoms with Crippen molar-refractivity contribution in [2.45, 2.75) is 40.3 Å². The Morgan fingerprint density at radius 2 is 1.95 bits per heavy atom. The fourth-order valence-electron chi connectivity index (χ4n) is 1.98. The Morgan fingerprint density at radius 1 is 1.26 bits per heavy atom. The van der Waals surface area contributed by atoms with Gasteiger partial charge in [-0.3, -0.25) is 4.68 Å². The quantitative estimate of drug-likeness (QED) is 0.924. The fraction of sp³-hybridized carbons (Fsp3) is 0.538. The summed E-state index contributed by atoms with van der Waals surface area (Å²) in [7, 11) is 1.61. The molecule has 0 spiro atoms. The van der Waals surface area contributed by atoms with Crippen molar-refractivity contribution in [2.24, 2.45) is 7.05 Å². The largest absolute Gasteiger partial charge is 0.378 e. The van der Waals surface area contributed by atoms with Crippen LogP contribution in [0.2, 0.25) is 0 Å². The van der Waals surface area contributed by atoms with Gasteiger partial charge in [-0.15, -0.1) is 0 Å². The second-order valence-corrected chi connectivity index (χ2v) is 5.03. The summed E-state index contributed by atoms with van der Waals surface area (Å²) >= 11 is 0. The highest BCUT2D eigenvalue weighted by atomic mass is 19.1. The van der Waals surface area contributed by atoms with E-state index in [1.54, 1.807) is 7.05 Å². The number of nitrogens with one attached hydrogen (secondary N) is 1. The van der Waals surface area contributed by atoms with Crippen LogP contribution in [0.4, 0.5) is 10.1 Å². The number of halogens is 1. The minimum Gasteiger partial charge on any atom is -0.378 e. The van der Waals surface area contributed by atoms with Gasteiger partial charge in [-0.2, -0.15) is 14.6 Å². The topological polar surface area (TPSA) is 47.7 Å². The van der Waals surface area contributed by atoms with Crippen LogP contribution in [-0.2, 0) is 13.6 Å². The van der Waals surface area contributed by atoms with Gasteiger partial charge in [0, 0.05) is 31.4 Å². The molecule has 104 valence electrons. The molecule has 0 aliphatic carbocycles. The predicted octanol–water partition coefficient (Wildman–Crippen LogP) is 2.57. The second-order valence-electron chi connectivity index (χ2n) is 5.03. The number of hydrogen-bond donors (Lipinski definition) is 1. The van der Waals surface area contributed by atoms with Crippen LogP contribution in [-0.4, -0.2) is 19.6 Å². The summed E-state index contributed by atoms with van der Waals surface area (Å²) in [6.07, 6.45) is 1.95. The molecule has 0 saturated heterocycles. The summed E-state index contributed by atoms with van der Waals surface area (Å²) < 4.78 is 17.0. The molecule has 0 saturated carbocycles. The molecule has 0 amide bonds. The van der Waals surface area contributed by atoms with E-state index in [4.69, 9.17) is 0 Å². The average Bonchev–Trinajstić information content (AvgIpc) is 2.80. The van der Waals surface area contributed by atoms with Crippen molar-refractivity contribution in [2.75, 3.05) is 5.32 Å². The highest BCUT2D eigenvalue weighted by molar-refractivity contribution is 5.46. The first kappa shape index (κ1) is 13.6. The van der Waals surface area contributed by atoms with Crippen molar-refractivity contribution in [1.82, 2.24) is 19.6 Å². The van der Waals surface area contributed by atoms with Gasteiger partial charge < -0.3 is 5.32 Å². The highest BCUT2D eigenvalue weighted by Gasteiger charge is 2.13. The highest BCUT2D eigenvalue weighted by Crippen LogP contribution is 2.18. The molecule has 1 N–H and O–H groups in total. The molecule has 0 aliphatic heterocycles. The van der Waals surface area contributed by atoms with Gasteiger partial charge >= 0.3 is 0 Å². The van der Waals surface area contributed by atoms with Crippen LogP contribution in [0.5, 0.6) is 0 Å². The van der Waals surface area contributed by atoms with Crippen LogP contribution in [0.1, 0.15) is 36.8 Å². The minimum atomic E-state index is -0.293. The summed E-state index contributed by atoms with van der Waals surface area (Å²) in [6, 6.07) is 0.311. The number of nitrogens with zero attached hydrogens (tertiary/aromatic N) is 4. The van der Waals surface area contributed by atoms with Gasteiger partial charge in [0.15, 0.2) is 0 Å². The standard InChI is InChI=1S/C13H20FN5/c1-8(2)19-7-12(10(4)17-19)15-6-11-9(3)16-18(5)13(11)14/h7-8,15H,6H2,1-5H3. The zero-order chi connectivity index (χ0) is 14.2. The number of aromatic nitrogens is 4. The Morgan fingerprint density at radius 3 is 2.42 bits per heavy atom. The number of hydrogen-bond acceptors (Lipinski definition) is 3. The lowest BCUT2D eigenvalue weighted by molar-refractivity contribution is 0.496. The summed E-state index contributed by atoms with van der Waals surface area (Å²) in [4.78, 5) is 0. The molecule has 2 heterocycles. The van der Waals surface area contributed by atoms with Crippen molar-refractivity contribution in [3.8, 4) is 0 Å². The van der Waals surface area contributed by atoms with Gasteiger partial charge in [0.25, 0.3) is 0 Å². The first-order valence-electron chi connectivity index (χ1n) is 6.37. The third kappa shape index (κ3) is 2.62. The SMILES string of the molecule is Cc1nn(C(C)C)cc1NCc1c(C)nn(C)c1F. The van der Waals surface area contributed by atoms with Gasteiger partial charge in [0.2, 0.25) is 5.95 Å². The van der Waals surface area contributed by atoms with Crippen LogP contribution in [0.25, 0.3) is 0 Å². The molecule has 0 radical (unpaired) electrons. The lowest BCUT2D eigenvalue weighted by Crippen LogP contribution is -2.03. The summed E-state index contributed by atoms with van der Waals surface area (Å²) in [6.45, 7) is 8.30. The minimum absolute atomic E-state index is 0.293. The normalized spacial score (nSPS) is 11.3. The monoisotopic (exact) mass is 265 g/mol. The molecule has 0 aliphatic rings. The zero-order valence-electron chi connectivity index (χ0n) is 12.0. The maximum atomic E-state index is 13.8. The third-order valence-electron chi connectivity index (χ3n) is 3.17. The molecule has 5 nitrogen and oxygen atoms in total. The number of anilines is 1. The molecule has 0 bridgehead atoms. The van der Waals surface area contributed by atoms with Gasteiger partial charge in [-0.1, -0.05) is 0 Å². The summed E-state index contributed by atoms with van der Waals surface area (Å²) in [5.74, 6) is -0.293. The van der Waals surface area contributed by atoms with Crippen LogP contribution in [0.3, 0.4) is 0 Å². The average molecular weight is 265 g/mol. The van der Waals surface area contributed by atoms with E-state index in [1.165, 1.54) is 4.68 Å². The molecule has 0 atom stereocenters. The molecule has 0 aromatic carbocycles. The molecular weight excluding hydrogens is 245 g/mol.